The molecule has 0 radical (unpaired) electrons. The SMILES string of the molecule is NC1=NC=C(c2ccc(S(=O)(=O)N3CCOCC3)cc2)N(c2cccnc2)C1. The number of amidine groups is 1. The number of ether oxygens (including phenoxy) is 1. The Balaban J connectivity index is 1.64. The fourth-order valence-corrected chi connectivity index (χ4v) is 4.62. The van der Waals surface area contributed by atoms with Crippen LogP contribution in [0.1, 0.15) is 5.56 Å². The lowest BCUT2D eigenvalue weighted by Gasteiger charge is -2.29. The molecule has 3 heterocycles. The first kappa shape index (κ1) is 18.6. The molecule has 1 aromatic carbocycles. The number of rotatable bonds is 4. The molecule has 1 saturated heterocycles. The number of pyridine rings is 1. The Bertz CT molecular complexity index is 998. The van der Waals surface area contributed by atoms with Gasteiger partial charge in [-0.05, 0) is 29.8 Å². The van der Waals surface area contributed by atoms with Gasteiger partial charge in [0.25, 0.3) is 0 Å². The number of sulfonamides is 1. The maximum atomic E-state index is 12.8. The van der Waals surface area contributed by atoms with Crippen LogP contribution in [0.3, 0.4) is 0 Å². The van der Waals surface area contributed by atoms with Crippen molar-refractivity contribution >= 4 is 27.2 Å². The zero-order valence-electron chi connectivity index (χ0n) is 15.2. The monoisotopic (exact) mass is 399 g/mol. The molecule has 0 bridgehead atoms. The van der Waals surface area contributed by atoms with Gasteiger partial charge in [0.2, 0.25) is 10.0 Å². The molecule has 4 rings (SSSR count). The van der Waals surface area contributed by atoms with E-state index in [-0.39, 0.29) is 4.90 Å². The molecule has 0 amide bonds. The van der Waals surface area contributed by atoms with Gasteiger partial charge in [0.05, 0.1) is 48.4 Å². The fraction of sp³-hybridized carbons (Fsp3) is 0.263. The first-order valence-electron chi connectivity index (χ1n) is 8.94. The van der Waals surface area contributed by atoms with Crippen LogP contribution in [-0.2, 0) is 14.8 Å². The summed E-state index contributed by atoms with van der Waals surface area (Å²) in [6, 6.07) is 10.6. The summed E-state index contributed by atoms with van der Waals surface area (Å²) in [5, 5.41) is 0. The van der Waals surface area contributed by atoms with Crippen LogP contribution < -0.4 is 10.6 Å². The van der Waals surface area contributed by atoms with Crippen LogP contribution >= 0.6 is 0 Å². The number of benzene rings is 1. The highest BCUT2D eigenvalue weighted by Crippen LogP contribution is 2.28. The quantitative estimate of drug-likeness (QED) is 0.831. The summed E-state index contributed by atoms with van der Waals surface area (Å²) < 4.78 is 32.3. The highest BCUT2D eigenvalue weighted by atomic mass is 32.2. The Morgan fingerprint density at radius 2 is 1.82 bits per heavy atom. The van der Waals surface area contributed by atoms with E-state index in [9.17, 15) is 8.42 Å². The van der Waals surface area contributed by atoms with Gasteiger partial charge >= 0.3 is 0 Å². The molecular weight excluding hydrogens is 378 g/mol. The Kier molecular flexibility index (Phi) is 5.12. The third kappa shape index (κ3) is 3.64. The van der Waals surface area contributed by atoms with Crippen molar-refractivity contribution in [1.82, 2.24) is 9.29 Å². The maximum Gasteiger partial charge on any atom is 0.243 e. The molecule has 2 aromatic rings. The summed E-state index contributed by atoms with van der Waals surface area (Å²) in [5.41, 5.74) is 8.48. The van der Waals surface area contributed by atoms with E-state index >= 15 is 0 Å². The van der Waals surface area contributed by atoms with Crippen molar-refractivity contribution in [2.45, 2.75) is 4.90 Å². The van der Waals surface area contributed by atoms with Gasteiger partial charge in [0.1, 0.15) is 5.84 Å². The largest absolute Gasteiger partial charge is 0.386 e. The summed E-state index contributed by atoms with van der Waals surface area (Å²) in [4.78, 5) is 10.7. The summed E-state index contributed by atoms with van der Waals surface area (Å²) in [7, 11) is -3.52. The standard InChI is InChI=1S/C19H21N5O3S/c20-19-14-24(16-2-1-7-21-12-16)18(13-22-19)15-3-5-17(6-4-15)28(25,26)23-8-10-27-11-9-23/h1-7,12-13H,8-11,14H2,(H2,20,22). The van der Waals surface area contributed by atoms with Gasteiger partial charge in [-0.1, -0.05) is 12.1 Å². The highest BCUT2D eigenvalue weighted by Gasteiger charge is 2.26. The molecule has 0 saturated carbocycles. The summed E-state index contributed by atoms with van der Waals surface area (Å²) in [6.45, 7) is 2.02. The molecule has 0 atom stereocenters. The Hall–Kier alpha value is -2.75. The number of aromatic nitrogens is 1. The number of morpholine rings is 1. The van der Waals surface area contributed by atoms with Crippen molar-refractivity contribution in [3.05, 3.63) is 60.6 Å². The van der Waals surface area contributed by atoms with Crippen molar-refractivity contribution in [2.24, 2.45) is 10.7 Å². The first-order valence-corrected chi connectivity index (χ1v) is 10.4. The third-order valence-electron chi connectivity index (χ3n) is 4.68. The van der Waals surface area contributed by atoms with E-state index < -0.39 is 10.0 Å². The van der Waals surface area contributed by atoms with E-state index in [0.717, 1.165) is 16.9 Å². The molecule has 1 aromatic heterocycles. The molecule has 1 fully saturated rings. The highest BCUT2D eigenvalue weighted by molar-refractivity contribution is 7.89. The Morgan fingerprint density at radius 3 is 2.50 bits per heavy atom. The summed E-state index contributed by atoms with van der Waals surface area (Å²) in [6.07, 6.45) is 5.15. The minimum Gasteiger partial charge on any atom is -0.386 e. The van der Waals surface area contributed by atoms with Crippen molar-refractivity contribution in [3.63, 3.8) is 0 Å². The molecule has 2 N–H and O–H groups in total. The van der Waals surface area contributed by atoms with Crippen LogP contribution in [0.5, 0.6) is 0 Å². The molecule has 8 nitrogen and oxygen atoms in total. The summed E-state index contributed by atoms with van der Waals surface area (Å²) >= 11 is 0. The van der Waals surface area contributed by atoms with Gasteiger partial charge in [0, 0.05) is 19.3 Å². The smallest absolute Gasteiger partial charge is 0.243 e. The van der Waals surface area contributed by atoms with E-state index in [1.54, 1.807) is 42.9 Å². The van der Waals surface area contributed by atoms with E-state index in [1.165, 1.54) is 4.31 Å². The van der Waals surface area contributed by atoms with Crippen molar-refractivity contribution in [3.8, 4) is 0 Å². The maximum absolute atomic E-state index is 12.8. The number of hydrogen-bond acceptors (Lipinski definition) is 7. The molecule has 0 aliphatic carbocycles. The number of anilines is 1. The van der Waals surface area contributed by atoms with E-state index in [1.807, 2.05) is 17.0 Å². The van der Waals surface area contributed by atoms with Gasteiger partial charge in [0.15, 0.2) is 0 Å². The predicted octanol–water partition coefficient (Wildman–Crippen LogP) is 1.28. The van der Waals surface area contributed by atoms with Crippen LogP contribution in [0.25, 0.3) is 5.70 Å². The number of nitrogens with zero attached hydrogens (tertiary/aromatic N) is 4. The van der Waals surface area contributed by atoms with Crippen LogP contribution in [0.15, 0.2) is 64.9 Å². The lowest BCUT2D eigenvalue weighted by molar-refractivity contribution is 0.0730. The van der Waals surface area contributed by atoms with E-state index in [4.69, 9.17) is 10.5 Å². The zero-order chi connectivity index (χ0) is 19.6. The molecule has 2 aliphatic heterocycles. The first-order chi connectivity index (χ1) is 13.6. The second kappa shape index (κ2) is 7.70. The summed E-state index contributed by atoms with van der Waals surface area (Å²) in [5.74, 6) is 0.499. The van der Waals surface area contributed by atoms with Gasteiger partial charge in [-0.2, -0.15) is 4.31 Å². The van der Waals surface area contributed by atoms with Crippen LogP contribution in [0.4, 0.5) is 5.69 Å². The minimum atomic E-state index is -3.52. The minimum absolute atomic E-state index is 0.269. The molecule has 28 heavy (non-hydrogen) atoms. The van der Waals surface area contributed by atoms with Crippen molar-refractivity contribution < 1.29 is 13.2 Å². The molecule has 0 spiro atoms. The van der Waals surface area contributed by atoms with Crippen LogP contribution in [0, 0.1) is 0 Å². The van der Waals surface area contributed by atoms with Gasteiger partial charge < -0.3 is 15.4 Å². The van der Waals surface area contributed by atoms with Crippen LogP contribution in [-0.4, -0.2) is 56.4 Å². The molecule has 146 valence electrons. The predicted molar refractivity (Wildman–Crippen MR) is 107 cm³/mol. The van der Waals surface area contributed by atoms with E-state index in [2.05, 4.69) is 9.98 Å². The molecular formula is C19H21N5O3S. The topological polar surface area (TPSA) is 101 Å². The molecule has 2 aliphatic rings. The average molecular weight is 399 g/mol. The Morgan fingerprint density at radius 1 is 1.07 bits per heavy atom. The lowest BCUT2D eigenvalue weighted by atomic mass is 10.1. The molecule has 9 heteroatoms. The Labute approximate surface area is 164 Å². The van der Waals surface area contributed by atoms with Crippen molar-refractivity contribution in [1.29, 1.82) is 0 Å². The van der Waals surface area contributed by atoms with Crippen molar-refractivity contribution in [2.75, 3.05) is 37.7 Å². The second-order valence-electron chi connectivity index (χ2n) is 6.47. The van der Waals surface area contributed by atoms with Gasteiger partial charge in [-0.25, -0.2) is 13.4 Å². The van der Waals surface area contributed by atoms with Gasteiger partial charge in [-0.3, -0.25) is 4.98 Å². The van der Waals surface area contributed by atoms with E-state index in [0.29, 0.717) is 38.7 Å². The second-order valence-corrected chi connectivity index (χ2v) is 8.41. The zero-order valence-corrected chi connectivity index (χ0v) is 16.0. The third-order valence-corrected chi connectivity index (χ3v) is 6.59. The number of hydrogen-bond donors (Lipinski definition) is 1. The lowest BCUT2D eigenvalue weighted by Crippen LogP contribution is -2.40. The number of nitrogens with two attached hydrogens (primary N) is 1. The molecule has 0 unspecified atom stereocenters. The van der Waals surface area contributed by atoms with Crippen LogP contribution in [0.2, 0.25) is 0 Å². The average Bonchev–Trinajstić information content (AvgIpc) is 2.75. The normalized spacial score (nSPS) is 18.5. The number of aliphatic imine (C=N–C) groups is 1. The van der Waals surface area contributed by atoms with Gasteiger partial charge in [-0.15, -0.1) is 0 Å². The fourth-order valence-electron chi connectivity index (χ4n) is 3.21.